The molecular formula is C14H17ClFN. The fraction of sp³-hybridized carbons (Fsp3) is 0.571. The lowest BCUT2D eigenvalue weighted by Crippen LogP contribution is -2.37. The summed E-state index contributed by atoms with van der Waals surface area (Å²) in [6, 6.07) is 4.64. The highest BCUT2D eigenvalue weighted by atomic mass is 35.5. The lowest BCUT2D eigenvalue weighted by atomic mass is 9.94. The van der Waals surface area contributed by atoms with Crippen LogP contribution in [-0.4, -0.2) is 17.5 Å². The molecule has 0 unspecified atom stereocenters. The predicted octanol–water partition coefficient (Wildman–Crippen LogP) is 4.12. The normalized spacial score (nSPS) is 27.6. The Labute approximate surface area is 107 Å². The maximum Gasteiger partial charge on any atom is 0.145 e. The van der Waals surface area contributed by atoms with E-state index in [1.807, 2.05) is 6.07 Å². The van der Waals surface area contributed by atoms with Gasteiger partial charge in [-0.25, -0.2) is 4.39 Å². The SMILES string of the molecule is CC(C)N1CC[C@@H]2C[C@H]1c1ccc(Cl)c(F)c12. The minimum absolute atomic E-state index is 0.178. The van der Waals surface area contributed by atoms with Crippen molar-refractivity contribution in [1.29, 1.82) is 0 Å². The molecule has 1 heterocycles. The number of piperidine rings is 1. The number of hydrogen-bond donors (Lipinski definition) is 0. The molecule has 1 aromatic rings. The Morgan fingerprint density at radius 1 is 1.41 bits per heavy atom. The Balaban J connectivity index is 2.09. The van der Waals surface area contributed by atoms with Crippen LogP contribution in [0.5, 0.6) is 0 Å². The summed E-state index contributed by atoms with van der Waals surface area (Å²) in [4.78, 5) is 2.48. The summed E-state index contributed by atoms with van der Waals surface area (Å²) in [5.74, 6) is 0.200. The van der Waals surface area contributed by atoms with Gasteiger partial charge in [0.1, 0.15) is 5.82 Å². The Morgan fingerprint density at radius 3 is 2.88 bits per heavy atom. The zero-order chi connectivity index (χ0) is 12.2. The van der Waals surface area contributed by atoms with Gasteiger partial charge in [-0.15, -0.1) is 0 Å². The van der Waals surface area contributed by atoms with Crippen molar-refractivity contribution in [3.8, 4) is 0 Å². The van der Waals surface area contributed by atoms with Crippen molar-refractivity contribution < 1.29 is 4.39 Å². The van der Waals surface area contributed by atoms with Gasteiger partial charge in [0, 0.05) is 12.1 Å². The monoisotopic (exact) mass is 253 g/mol. The molecule has 0 radical (unpaired) electrons. The highest BCUT2D eigenvalue weighted by Crippen LogP contribution is 2.51. The second-order valence-corrected chi connectivity index (χ2v) is 5.84. The first-order valence-corrected chi connectivity index (χ1v) is 6.71. The highest BCUT2D eigenvalue weighted by molar-refractivity contribution is 6.30. The molecule has 2 atom stereocenters. The van der Waals surface area contributed by atoms with Gasteiger partial charge >= 0.3 is 0 Å². The van der Waals surface area contributed by atoms with Crippen LogP contribution in [-0.2, 0) is 0 Å². The molecule has 92 valence electrons. The third kappa shape index (κ3) is 1.61. The summed E-state index contributed by atoms with van der Waals surface area (Å²) in [5, 5.41) is 0.271. The molecule has 0 amide bonds. The number of rotatable bonds is 1. The second kappa shape index (κ2) is 3.96. The summed E-state index contributed by atoms with van der Waals surface area (Å²) >= 11 is 5.89. The molecule has 2 aliphatic rings. The third-order valence-electron chi connectivity index (χ3n) is 4.24. The Hall–Kier alpha value is -0.600. The van der Waals surface area contributed by atoms with Gasteiger partial charge in [-0.1, -0.05) is 17.7 Å². The number of benzene rings is 1. The summed E-state index contributed by atoms with van der Waals surface area (Å²) in [6.07, 6.45) is 2.11. The van der Waals surface area contributed by atoms with Crippen molar-refractivity contribution in [2.45, 2.75) is 44.7 Å². The van der Waals surface area contributed by atoms with Crippen LogP contribution in [0, 0.1) is 5.82 Å². The fourth-order valence-electron chi connectivity index (χ4n) is 3.46. The van der Waals surface area contributed by atoms with E-state index in [1.165, 1.54) is 5.56 Å². The van der Waals surface area contributed by atoms with Gasteiger partial charge in [0.05, 0.1) is 5.02 Å². The van der Waals surface area contributed by atoms with Gasteiger partial charge in [-0.2, -0.15) is 0 Å². The summed E-state index contributed by atoms with van der Waals surface area (Å²) in [5.41, 5.74) is 2.06. The molecule has 0 saturated carbocycles. The molecule has 1 aliphatic carbocycles. The average Bonchev–Trinajstić information content (AvgIpc) is 2.58. The second-order valence-electron chi connectivity index (χ2n) is 5.43. The molecule has 0 aromatic heterocycles. The number of halogens is 2. The smallest absolute Gasteiger partial charge is 0.145 e. The zero-order valence-corrected chi connectivity index (χ0v) is 11.0. The van der Waals surface area contributed by atoms with Gasteiger partial charge in [0.15, 0.2) is 0 Å². The minimum Gasteiger partial charge on any atom is -0.294 e. The van der Waals surface area contributed by atoms with Gasteiger partial charge in [-0.05, 0) is 56.3 Å². The molecule has 2 bridgehead atoms. The molecule has 1 aliphatic heterocycles. The molecule has 1 nitrogen and oxygen atoms in total. The average molecular weight is 254 g/mol. The van der Waals surface area contributed by atoms with E-state index in [4.69, 9.17) is 11.6 Å². The first-order valence-electron chi connectivity index (χ1n) is 6.33. The van der Waals surface area contributed by atoms with Crippen LogP contribution in [0.15, 0.2) is 12.1 Å². The van der Waals surface area contributed by atoms with Crippen LogP contribution >= 0.6 is 11.6 Å². The van der Waals surface area contributed by atoms with E-state index in [0.717, 1.165) is 24.9 Å². The summed E-state index contributed by atoms with van der Waals surface area (Å²) < 4.78 is 14.1. The molecule has 1 aromatic carbocycles. The van der Waals surface area contributed by atoms with E-state index in [1.54, 1.807) is 6.07 Å². The van der Waals surface area contributed by atoms with Gasteiger partial charge in [-0.3, -0.25) is 4.90 Å². The van der Waals surface area contributed by atoms with Crippen molar-refractivity contribution in [3.63, 3.8) is 0 Å². The Kier molecular flexibility index (Phi) is 2.68. The largest absolute Gasteiger partial charge is 0.294 e. The lowest BCUT2D eigenvalue weighted by molar-refractivity contribution is 0.116. The summed E-state index contributed by atoms with van der Waals surface area (Å²) in [7, 11) is 0. The molecule has 17 heavy (non-hydrogen) atoms. The van der Waals surface area contributed by atoms with E-state index in [-0.39, 0.29) is 10.8 Å². The van der Waals surface area contributed by atoms with E-state index in [2.05, 4.69) is 18.7 Å². The zero-order valence-electron chi connectivity index (χ0n) is 10.2. The lowest BCUT2D eigenvalue weighted by Gasteiger charge is -2.36. The third-order valence-corrected chi connectivity index (χ3v) is 4.53. The standard InChI is InChI=1S/C14H17ClFN/c1-8(2)17-6-5-9-7-12(17)10-3-4-11(15)14(16)13(9)10/h3-4,8-9,12H,5-7H2,1-2H3/t9-,12+/m1/s1. The molecule has 1 fully saturated rings. The predicted molar refractivity (Wildman–Crippen MR) is 68.0 cm³/mol. The first-order chi connectivity index (χ1) is 8.09. The maximum atomic E-state index is 14.1. The number of likely N-dealkylation sites (tertiary alicyclic amines) is 1. The van der Waals surface area contributed by atoms with Crippen LogP contribution in [0.2, 0.25) is 5.02 Å². The van der Waals surface area contributed by atoms with Gasteiger partial charge in [0.2, 0.25) is 0 Å². The van der Waals surface area contributed by atoms with Crippen molar-refractivity contribution in [2.75, 3.05) is 6.54 Å². The summed E-state index contributed by atoms with van der Waals surface area (Å²) in [6.45, 7) is 5.49. The van der Waals surface area contributed by atoms with Crippen molar-refractivity contribution in [3.05, 3.63) is 34.1 Å². The Bertz CT molecular complexity index is 458. The van der Waals surface area contributed by atoms with E-state index in [9.17, 15) is 4.39 Å². The molecule has 3 rings (SSSR count). The molecule has 1 saturated heterocycles. The van der Waals surface area contributed by atoms with E-state index in [0.29, 0.717) is 18.0 Å². The fourth-order valence-corrected chi connectivity index (χ4v) is 3.62. The van der Waals surface area contributed by atoms with E-state index >= 15 is 0 Å². The minimum atomic E-state index is -0.178. The quantitative estimate of drug-likeness (QED) is 0.728. The number of nitrogens with zero attached hydrogens (tertiary/aromatic N) is 1. The molecule has 3 heteroatoms. The van der Waals surface area contributed by atoms with Crippen LogP contribution in [0.3, 0.4) is 0 Å². The van der Waals surface area contributed by atoms with Crippen LogP contribution < -0.4 is 0 Å². The topological polar surface area (TPSA) is 3.24 Å². The molecular weight excluding hydrogens is 237 g/mol. The highest BCUT2D eigenvalue weighted by Gasteiger charge is 2.41. The first kappa shape index (κ1) is 11.5. The van der Waals surface area contributed by atoms with Crippen molar-refractivity contribution >= 4 is 11.6 Å². The Morgan fingerprint density at radius 2 is 2.18 bits per heavy atom. The van der Waals surface area contributed by atoms with Crippen LogP contribution in [0.1, 0.15) is 49.8 Å². The maximum absolute atomic E-state index is 14.1. The van der Waals surface area contributed by atoms with Crippen LogP contribution in [0.4, 0.5) is 4.39 Å². The molecule has 0 spiro atoms. The van der Waals surface area contributed by atoms with Gasteiger partial charge in [0.25, 0.3) is 0 Å². The number of hydrogen-bond acceptors (Lipinski definition) is 1. The van der Waals surface area contributed by atoms with Crippen LogP contribution in [0.25, 0.3) is 0 Å². The van der Waals surface area contributed by atoms with E-state index < -0.39 is 0 Å². The number of fused-ring (bicyclic) bond motifs is 5. The van der Waals surface area contributed by atoms with Crippen molar-refractivity contribution in [1.82, 2.24) is 4.90 Å². The van der Waals surface area contributed by atoms with Crippen molar-refractivity contribution in [2.24, 2.45) is 0 Å². The van der Waals surface area contributed by atoms with Gasteiger partial charge < -0.3 is 0 Å². The molecule has 0 N–H and O–H groups in total.